The monoisotopic (exact) mass is 406 g/mol. The molecule has 3 aromatic rings. The summed E-state index contributed by atoms with van der Waals surface area (Å²) in [7, 11) is 1.56. The van der Waals surface area contributed by atoms with Crippen LogP contribution in [0.3, 0.4) is 0 Å². The summed E-state index contributed by atoms with van der Waals surface area (Å²) in [6, 6.07) is 24.0. The van der Waals surface area contributed by atoms with E-state index in [4.69, 9.17) is 4.74 Å². The molecular weight excluding hydrogens is 384 g/mol. The molecule has 0 radical (unpaired) electrons. The Balaban J connectivity index is 1.50. The zero-order valence-corrected chi connectivity index (χ0v) is 16.9. The number of methoxy groups -OCH3 is 1. The number of ether oxygens (including phenoxy) is 1. The molecule has 3 rings (SSSR count). The standard InChI is InChI=1S/C23H22N2O3S/c1-28-21-10-6-5-9-20(21)25-23(27)18-11-13-19(14-12-18)24-22(26)16-29-15-17-7-3-2-4-8-17/h2-14H,15-16H2,1H3,(H,24,26)(H,25,27). The summed E-state index contributed by atoms with van der Waals surface area (Å²) in [5.74, 6) is 1.43. The number of para-hydroxylation sites is 2. The number of hydrogen-bond acceptors (Lipinski definition) is 4. The van der Waals surface area contributed by atoms with Gasteiger partial charge in [-0.3, -0.25) is 9.59 Å². The Kier molecular flexibility index (Phi) is 7.30. The molecule has 2 amide bonds. The maximum Gasteiger partial charge on any atom is 0.255 e. The normalized spacial score (nSPS) is 10.2. The van der Waals surface area contributed by atoms with Gasteiger partial charge in [-0.25, -0.2) is 0 Å². The lowest BCUT2D eigenvalue weighted by atomic mass is 10.2. The first kappa shape index (κ1) is 20.5. The lowest BCUT2D eigenvalue weighted by Gasteiger charge is -2.10. The van der Waals surface area contributed by atoms with Crippen molar-refractivity contribution in [1.82, 2.24) is 0 Å². The zero-order valence-electron chi connectivity index (χ0n) is 16.1. The van der Waals surface area contributed by atoms with Crippen LogP contribution in [-0.4, -0.2) is 24.7 Å². The highest BCUT2D eigenvalue weighted by molar-refractivity contribution is 7.99. The van der Waals surface area contributed by atoms with E-state index >= 15 is 0 Å². The molecule has 0 aliphatic heterocycles. The van der Waals surface area contributed by atoms with Crippen LogP contribution in [0.15, 0.2) is 78.9 Å². The second-order valence-corrected chi connectivity index (χ2v) is 7.24. The van der Waals surface area contributed by atoms with E-state index in [1.807, 2.05) is 42.5 Å². The van der Waals surface area contributed by atoms with Gasteiger partial charge in [0.25, 0.3) is 5.91 Å². The summed E-state index contributed by atoms with van der Waals surface area (Å²) >= 11 is 1.56. The molecule has 0 spiro atoms. The Morgan fingerprint density at radius 2 is 1.55 bits per heavy atom. The molecule has 0 fully saturated rings. The van der Waals surface area contributed by atoms with E-state index in [9.17, 15) is 9.59 Å². The molecule has 0 unspecified atom stereocenters. The van der Waals surface area contributed by atoms with Crippen molar-refractivity contribution in [2.45, 2.75) is 5.75 Å². The molecule has 29 heavy (non-hydrogen) atoms. The van der Waals surface area contributed by atoms with Gasteiger partial charge in [0.15, 0.2) is 0 Å². The number of carbonyl (C=O) groups is 2. The largest absolute Gasteiger partial charge is 0.495 e. The van der Waals surface area contributed by atoms with Crippen molar-refractivity contribution in [3.05, 3.63) is 90.0 Å². The van der Waals surface area contributed by atoms with Crippen molar-refractivity contribution < 1.29 is 14.3 Å². The second-order valence-electron chi connectivity index (χ2n) is 6.26. The van der Waals surface area contributed by atoms with Crippen LogP contribution >= 0.6 is 11.8 Å². The molecule has 0 saturated carbocycles. The Morgan fingerprint density at radius 3 is 2.28 bits per heavy atom. The smallest absolute Gasteiger partial charge is 0.255 e. The van der Waals surface area contributed by atoms with Crippen LogP contribution in [0, 0.1) is 0 Å². The fraction of sp³-hybridized carbons (Fsp3) is 0.130. The Morgan fingerprint density at radius 1 is 0.862 bits per heavy atom. The summed E-state index contributed by atoms with van der Waals surface area (Å²) in [5.41, 5.74) is 2.94. The van der Waals surface area contributed by atoms with Crippen LogP contribution in [-0.2, 0) is 10.5 Å². The van der Waals surface area contributed by atoms with Gasteiger partial charge < -0.3 is 15.4 Å². The minimum absolute atomic E-state index is 0.0721. The summed E-state index contributed by atoms with van der Waals surface area (Å²) in [6.45, 7) is 0. The number of nitrogens with one attached hydrogen (secondary N) is 2. The molecule has 3 aromatic carbocycles. The van der Waals surface area contributed by atoms with Crippen molar-refractivity contribution in [2.24, 2.45) is 0 Å². The van der Waals surface area contributed by atoms with Crippen molar-refractivity contribution in [2.75, 3.05) is 23.5 Å². The molecule has 5 nitrogen and oxygen atoms in total. The van der Waals surface area contributed by atoms with Gasteiger partial charge in [0.05, 0.1) is 18.6 Å². The molecular formula is C23H22N2O3S. The molecule has 0 aliphatic rings. The van der Waals surface area contributed by atoms with Crippen molar-refractivity contribution >= 4 is 35.0 Å². The van der Waals surface area contributed by atoms with Gasteiger partial charge in [-0.2, -0.15) is 0 Å². The number of carbonyl (C=O) groups excluding carboxylic acids is 2. The van der Waals surface area contributed by atoms with Gasteiger partial charge >= 0.3 is 0 Å². The van der Waals surface area contributed by atoms with E-state index in [0.29, 0.717) is 28.4 Å². The summed E-state index contributed by atoms with van der Waals surface area (Å²) in [6.07, 6.45) is 0. The first-order valence-electron chi connectivity index (χ1n) is 9.11. The highest BCUT2D eigenvalue weighted by Crippen LogP contribution is 2.24. The molecule has 0 aliphatic carbocycles. The maximum atomic E-state index is 12.4. The number of amides is 2. The Labute approximate surface area is 174 Å². The van der Waals surface area contributed by atoms with Crippen molar-refractivity contribution in [3.8, 4) is 5.75 Å². The Bertz CT molecular complexity index is 959. The van der Waals surface area contributed by atoms with E-state index < -0.39 is 0 Å². The minimum Gasteiger partial charge on any atom is -0.495 e. The zero-order chi connectivity index (χ0) is 20.5. The van der Waals surface area contributed by atoms with E-state index in [-0.39, 0.29) is 11.8 Å². The van der Waals surface area contributed by atoms with Gasteiger partial charge in [0.1, 0.15) is 5.75 Å². The van der Waals surface area contributed by atoms with E-state index in [1.165, 1.54) is 5.56 Å². The van der Waals surface area contributed by atoms with Crippen LogP contribution in [0.1, 0.15) is 15.9 Å². The lowest BCUT2D eigenvalue weighted by molar-refractivity contribution is -0.113. The fourth-order valence-electron chi connectivity index (χ4n) is 2.68. The number of thioether (sulfide) groups is 1. The topological polar surface area (TPSA) is 67.4 Å². The highest BCUT2D eigenvalue weighted by atomic mass is 32.2. The predicted octanol–water partition coefficient (Wildman–Crippen LogP) is 4.82. The van der Waals surface area contributed by atoms with Crippen LogP contribution in [0.4, 0.5) is 11.4 Å². The van der Waals surface area contributed by atoms with Gasteiger partial charge in [-0.05, 0) is 42.0 Å². The fourth-order valence-corrected chi connectivity index (χ4v) is 3.47. The van der Waals surface area contributed by atoms with Crippen molar-refractivity contribution in [3.63, 3.8) is 0 Å². The third kappa shape index (κ3) is 6.12. The Hall–Kier alpha value is -3.25. The van der Waals surface area contributed by atoms with Crippen molar-refractivity contribution in [1.29, 1.82) is 0 Å². The molecule has 148 valence electrons. The van der Waals surface area contributed by atoms with E-state index in [0.717, 1.165) is 5.75 Å². The third-order valence-corrected chi connectivity index (χ3v) is 5.13. The molecule has 0 saturated heterocycles. The van der Waals surface area contributed by atoms with E-state index in [1.54, 1.807) is 55.3 Å². The molecule has 0 aromatic heterocycles. The summed E-state index contributed by atoms with van der Waals surface area (Å²) in [4.78, 5) is 24.5. The number of rotatable bonds is 8. The molecule has 0 atom stereocenters. The van der Waals surface area contributed by atoms with Gasteiger partial charge in [-0.1, -0.05) is 42.5 Å². The quantitative estimate of drug-likeness (QED) is 0.563. The number of anilines is 2. The number of benzene rings is 3. The molecule has 2 N–H and O–H groups in total. The van der Waals surface area contributed by atoms with E-state index in [2.05, 4.69) is 10.6 Å². The van der Waals surface area contributed by atoms with Gasteiger partial charge in [0.2, 0.25) is 5.91 Å². The van der Waals surface area contributed by atoms with Gasteiger partial charge in [-0.15, -0.1) is 11.8 Å². The first-order chi connectivity index (χ1) is 14.2. The summed E-state index contributed by atoms with van der Waals surface area (Å²) in [5, 5.41) is 5.68. The maximum absolute atomic E-state index is 12.4. The number of hydrogen-bond donors (Lipinski definition) is 2. The SMILES string of the molecule is COc1ccccc1NC(=O)c1ccc(NC(=O)CSCc2ccccc2)cc1. The predicted molar refractivity (Wildman–Crippen MR) is 119 cm³/mol. The second kappa shape index (κ2) is 10.3. The average Bonchev–Trinajstić information content (AvgIpc) is 2.75. The van der Waals surface area contributed by atoms with Crippen LogP contribution < -0.4 is 15.4 Å². The van der Waals surface area contributed by atoms with Crippen LogP contribution in [0.25, 0.3) is 0 Å². The minimum atomic E-state index is -0.245. The molecule has 0 heterocycles. The van der Waals surface area contributed by atoms with Crippen LogP contribution in [0.5, 0.6) is 5.75 Å². The average molecular weight is 407 g/mol. The molecule has 6 heteroatoms. The highest BCUT2D eigenvalue weighted by Gasteiger charge is 2.10. The third-order valence-electron chi connectivity index (χ3n) is 4.13. The molecule has 0 bridgehead atoms. The van der Waals surface area contributed by atoms with Crippen LogP contribution in [0.2, 0.25) is 0 Å². The summed E-state index contributed by atoms with van der Waals surface area (Å²) < 4.78 is 5.24. The van der Waals surface area contributed by atoms with Gasteiger partial charge in [0, 0.05) is 17.0 Å². The lowest BCUT2D eigenvalue weighted by Crippen LogP contribution is -2.15. The first-order valence-corrected chi connectivity index (χ1v) is 10.3.